The Kier molecular flexibility index (Phi) is 2.72. The van der Waals surface area contributed by atoms with Crippen LogP contribution in [0.2, 0.25) is 5.31 Å². The molecule has 0 aromatic heterocycles. The Bertz CT molecular complexity index is 481. The molecule has 1 aliphatic carbocycles. The highest BCUT2D eigenvalue weighted by atomic mass is 19.4. The van der Waals surface area contributed by atoms with Gasteiger partial charge in [0.25, 0.3) is 0 Å². The van der Waals surface area contributed by atoms with Crippen LogP contribution in [-0.4, -0.2) is 36.9 Å². The Morgan fingerprint density at radius 1 is 1.10 bits per heavy atom. The van der Waals surface area contributed by atoms with Gasteiger partial charge in [0, 0.05) is 11.9 Å². The van der Waals surface area contributed by atoms with Crippen LogP contribution in [0.4, 0.5) is 13.2 Å². The summed E-state index contributed by atoms with van der Waals surface area (Å²) in [6, 6.07) is 0. The highest BCUT2D eigenvalue weighted by molar-refractivity contribution is 6.50. The minimum Gasteiger partial charge on any atom is -0.403 e. The summed E-state index contributed by atoms with van der Waals surface area (Å²) in [4.78, 5) is 11.7. The van der Waals surface area contributed by atoms with Gasteiger partial charge in [-0.3, -0.25) is 4.79 Å². The molecule has 0 atom stereocenters. The average Bonchev–Trinajstić information content (AvgIpc) is 2.45. The third-order valence-electron chi connectivity index (χ3n) is 5.64. The van der Waals surface area contributed by atoms with Crippen molar-refractivity contribution in [1.29, 1.82) is 0 Å². The SMILES string of the molecule is CC1(C)OB(C23CNC(=O)C(C(F)(F)F)(C2)C3)OC1(C)C. The van der Waals surface area contributed by atoms with Crippen molar-refractivity contribution < 1.29 is 27.3 Å². The lowest BCUT2D eigenvalue weighted by Crippen LogP contribution is -2.71. The van der Waals surface area contributed by atoms with Crippen LogP contribution < -0.4 is 5.32 Å². The summed E-state index contributed by atoms with van der Waals surface area (Å²) in [6.45, 7) is 7.61. The summed E-state index contributed by atoms with van der Waals surface area (Å²) in [7, 11) is -0.724. The van der Waals surface area contributed by atoms with E-state index in [9.17, 15) is 18.0 Å². The van der Waals surface area contributed by atoms with Gasteiger partial charge in [0.2, 0.25) is 5.91 Å². The summed E-state index contributed by atoms with van der Waals surface area (Å²) in [5, 5.41) is 1.60. The molecule has 4 nitrogen and oxygen atoms in total. The molecule has 3 heterocycles. The van der Waals surface area contributed by atoms with Crippen molar-refractivity contribution in [3.8, 4) is 0 Å². The van der Waals surface area contributed by atoms with Gasteiger partial charge in [0.05, 0.1) is 11.2 Å². The minimum absolute atomic E-state index is 0.167. The maximum absolute atomic E-state index is 13.2. The van der Waals surface area contributed by atoms with Crippen molar-refractivity contribution in [2.45, 2.75) is 63.2 Å². The molecule has 21 heavy (non-hydrogen) atoms. The first-order chi connectivity index (χ1) is 9.35. The van der Waals surface area contributed by atoms with Crippen LogP contribution in [0.15, 0.2) is 0 Å². The van der Waals surface area contributed by atoms with Crippen LogP contribution in [0.1, 0.15) is 40.5 Å². The Labute approximate surface area is 121 Å². The van der Waals surface area contributed by atoms with Crippen LogP contribution in [-0.2, 0) is 14.1 Å². The first kappa shape index (κ1) is 15.2. The van der Waals surface area contributed by atoms with Crippen LogP contribution >= 0.6 is 0 Å². The summed E-state index contributed by atoms with van der Waals surface area (Å²) < 4.78 is 51.5. The topological polar surface area (TPSA) is 47.6 Å². The van der Waals surface area contributed by atoms with Gasteiger partial charge in [-0.1, -0.05) is 0 Å². The van der Waals surface area contributed by atoms with E-state index in [-0.39, 0.29) is 19.4 Å². The van der Waals surface area contributed by atoms with Crippen LogP contribution in [0.5, 0.6) is 0 Å². The normalized spacial score (nSPS) is 40.7. The molecule has 1 amide bonds. The van der Waals surface area contributed by atoms with E-state index in [4.69, 9.17) is 9.31 Å². The molecule has 0 radical (unpaired) electrons. The van der Waals surface area contributed by atoms with E-state index in [1.807, 2.05) is 27.7 Å². The molecule has 0 aromatic rings. The molecule has 1 saturated carbocycles. The van der Waals surface area contributed by atoms with E-state index in [2.05, 4.69) is 5.32 Å². The Morgan fingerprint density at radius 3 is 2.00 bits per heavy atom. The Hall–Kier alpha value is -0.755. The van der Waals surface area contributed by atoms with E-state index in [0.29, 0.717) is 0 Å². The van der Waals surface area contributed by atoms with E-state index >= 15 is 0 Å². The fraction of sp³-hybridized carbons (Fsp3) is 0.923. The molecular formula is C13H19BF3NO3. The second-order valence-corrected chi connectivity index (χ2v) is 7.57. The molecule has 4 fully saturated rings. The molecule has 118 valence electrons. The number of alkyl halides is 3. The molecule has 0 spiro atoms. The molecule has 8 heteroatoms. The standard InChI is InChI=1S/C13H19BF3NO3/c1-9(2)10(3,4)21-14(20-9)11-5-12(6-11,13(15,16)17)8(19)18-7-11/h5-7H2,1-4H3,(H,18,19). The molecular weight excluding hydrogens is 286 g/mol. The van der Waals surface area contributed by atoms with Crippen molar-refractivity contribution in [2.75, 3.05) is 6.54 Å². The van der Waals surface area contributed by atoms with Gasteiger partial charge in [0.15, 0.2) is 0 Å². The first-order valence-corrected chi connectivity index (χ1v) is 7.06. The molecule has 1 N–H and O–H groups in total. The number of carbonyl (C=O) groups excluding carboxylic acids is 1. The number of carbonyl (C=O) groups is 1. The van der Waals surface area contributed by atoms with E-state index < -0.39 is 41.1 Å². The first-order valence-electron chi connectivity index (χ1n) is 7.06. The van der Waals surface area contributed by atoms with Crippen LogP contribution in [0.3, 0.4) is 0 Å². The summed E-state index contributed by atoms with van der Waals surface area (Å²) in [5.41, 5.74) is -3.45. The molecule has 4 rings (SSSR count). The number of piperidine rings is 2. The molecule has 3 saturated heterocycles. The zero-order chi connectivity index (χ0) is 15.9. The lowest BCUT2D eigenvalue weighted by atomic mass is 9.36. The fourth-order valence-electron chi connectivity index (χ4n) is 3.53. The number of rotatable bonds is 1. The van der Waals surface area contributed by atoms with Gasteiger partial charge in [0.1, 0.15) is 5.41 Å². The zero-order valence-electron chi connectivity index (χ0n) is 12.6. The lowest BCUT2D eigenvalue weighted by Gasteiger charge is -2.59. The third-order valence-corrected chi connectivity index (χ3v) is 5.64. The predicted molar refractivity (Wildman–Crippen MR) is 69.5 cm³/mol. The summed E-state index contributed by atoms with van der Waals surface area (Å²) in [5.74, 6) is -0.923. The van der Waals surface area contributed by atoms with Crippen LogP contribution in [0, 0.1) is 5.41 Å². The van der Waals surface area contributed by atoms with Gasteiger partial charge < -0.3 is 14.6 Å². The van der Waals surface area contributed by atoms with Gasteiger partial charge in [-0.15, -0.1) is 0 Å². The van der Waals surface area contributed by atoms with E-state index in [1.165, 1.54) is 0 Å². The Balaban J connectivity index is 1.86. The van der Waals surface area contributed by atoms with Crippen LogP contribution in [0.25, 0.3) is 0 Å². The van der Waals surface area contributed by atoms with Crippen molar-refractivity contribution in [3.05, 3.63) is 0 Å². The third kappa shape index (κ3) is 1.75. The summed E-state index contributed by atoms with van der Waals surface area (Å²) in [6.07, 6.45) is -5.05. The lowest BCUT2D eigenvalue weighted by molar-refractivity contribution is -0.260. The van der Waals surface area contributed by atoms with Crippen molar-refractivity contribution in [3.63, 3.8) is 0 Å². The fourth-order valence-corrected chi connectivity index (χ4v) is 3.53. The maximum atomic E-state index is 13.2. The van der Waals surface area contributed by atoms with Gasteiger partial charge in [-0.25, -0.2) is 0 Å². The second kappa shape index (κ2) is 3.77. The monoisotopic (exact) mass is 305 g/mol. The van der Waals surface area contributed by atoms with Crippen molar-refractivity contribution >= 4 is 13.0 Å². The quantitative estimate of drug-likeness (QED) is 0.756. The number of hydrogen-bond acceptors (Lipinski definition) is 3. The van der Waals surface area contributed by atoms with Gasteiger partial charge in [-0.2, -0.15) is 13.2 Å². The minimum atomic E-state index is -4.54. The largest absolute Gasteiger partial charge is 0.466 e. The number of fused-ring (bicyclic) bond motifs is 2. The van der Waals surface area contributed by atoms with Gasteiger partial charge >= 0.3 is 13.3 Å². The number of hydrogen-bond donors (Lipinski definition) is 1. The number of amides is 1. The van der Waals surface area contributed by atoms with Crippen molar-refractivity contribution in [2.24, 2.45) is 5.41 Å². The smallest absolute Gasteiger partial charge is 0.403 e. The highest BCUT2D eigenvalue weighted by Gasteiger charge is 2.79. The molecule has 2 bridgehead atoms. The molecule has 4 aliphatic rings. The maximum Gasteiger partial charge on any atom is 0.466 e. The average molecular weight is 305 g/mol. The Morgan fingerprint density at radius 2 is 1.57 bits per heavy atom. The summed E-state index contributed by atoms with van der Waals surface area (Å²) >= 11 is 0. The number of halogens is 3. The van der Waals surface area contributed by atoms with E-state index in [1.54, 1.807) is 0 Å². The predicted octanol–water partition coefficient (Wildman–Crippen LogP) is 2.29. The molecule has 3 aliphatic heterocycles. The zero-order valence-corrected chi connectivity index (χ0v) is 12.6. The highest BCUT2D eigenvalue weighted by Crippen LogP contribution is 2.70. The van der Waals surface area contributed by atoms with Gasteiger partial charge in [-0.05, 0) is 40.5 Å². The molecule has 0 aromatic carbocycles. The van der Waals surface area contributed by atoms with E-state index in [0.717, 1.165) is 0 Å². The molecule has 0 unspecified atom stereocenters. The second-order valence-electron chi connectivity index (χ2n) is 7.57. The number of nitrogens with one attached hydrogen (secondary N) is 1. The van der Waals surface area contributed by atoms with Crippen molar-refractivity contribution in [1.82, 2.24) is 5.32 Å².